The summed E-state index contributed by atoms with van der Waals surface area (Å²) in [7, 11) is -3.44. The largest absolute Gasteiger partial charge is 0.597 e. The van der Waals surface area contributed by atoms with E-state index in [9.17, 15) is 17.9 Å². The van der Waals surface area contributed by atoms with E-state index in [1.165, 1.54) is 16.4 Å². The van der Waals surface area contributed by atoms with Crippen molar-refractivity contribution in [3.05, 3.63) is 71.5 Å². The van der Waals surface area contributed by atoms with Crippen LogP contribution >= 0.6 is 0 Å². The molecule has 7 heteroatoms. The van der Waals surface area contributed by atoms with Crippen LogP contribution in [0.1, 0.15) is 36.4 Å². The van der Waals surface area contributed by atoms with Gasteiger partial charge >= 0.3 is 0 Å². The number of nitrogens with zero attached hydrogens (tertiary/aromatic N) is 1. The van der Waals surface area contributed by atoms with Gasteiger partial charge in [0, 0.05) is 19.4 Å². The van der Waals surface area contributed by atoms with Gasteiger partial charge in [-0.2, -0.15) is 0 Å². The second kappa shape index (κ2) is 8.34. The summed E-state index contributed by atoms with van der Waals surface area (Å²) in [5.74, 6) is -0.894. The Bertz CT molecular complexity index is 902. The first-order chi connectivity index (χ1) is 13.9. The van der Waals surface area contributed by atoms with Crippen LogP contribution in [0, 0.1) is 11.7 Å². The van der Waals surface area contributed by atoms with E-state index in [4.69, 9.17) is 0 Å². The number of rotatable bonds is 7. The molecule has 3 atom stereocenters. The zero-order valence-electron chi connectivity index (χ0n) is 16.1. The lowest BCUT2D eigenvalue weighted by molar-refractivity contribution is -0.124. The lowest BCUT2D eigenvalue weighted by atomic mass is 9.99. The zero-order valence-corrected chi connectivity index (χ0v) is 16.9. The van der Waals surface area contributed by atoms with Crippen molar-refractivity contribution >= 4 is 16.3 Å². The third kappa shape index (κ3) is 4.57. The molecule has 2 fully saturated rings. The summed E-state index contributed by atoms with van der Waals surface area (Å²) in [6, 6.07) is 15.4. The highest BCUT2D eigenvalue weighted by atomic mass is 32.3. The lowest BCUT2D eigenvalue weighted by Gasteiger charge is -2.29. The summed E-state index contributed by atoms with van der Waals surface area (Å²) in [6.07, 6.45) is 2.48. The van der Waals surface area contributed by atoms with Gasteiger partial charge in [0.25, 0.3) is 0 Å². The van der Waals surface area contributed by atoms with Crippen LogP contribution in [-0.4, -0.2) is 33.1 Å². The van der Waals surface area contributed by atoms with Crippen molar-refractivity contribution in [2.45, 2.75) is 37.0 Å². The fourth-order valence-corrected chi connectivity index (χ4v) is 6.01. The molecule has 1 aliphatic heterocycles. The molecule has 154 valence electrons. The first-order valence-corrected chi connectivity index (χ1v) is 11.5. The van der Waals surface area contributed by atoms with Crippen molar-refractivity contribution in [1.29, 1.82) is 0 Å². The Morgan fingerprint density at radius 2 is 1.83 bits per heavy atom. The van der Waals surface area contributed by atoms with Crippen LogP contribution in [-0.2, 0) is 25.8 Å². The highest BCUT2D eigenvalue weighted by Gasteiger charge is 2.52. The molecule has 29 heavy (non-hydrogen) atoms. The van der Waals surface area contributed by atoms with Crippen LogP contribution in [0.5, 0.6) is 0 Å². The number of carbonyl (C=O) groups is 1. The van der Waals surface area contributed by atoms with Crippen LogP contribution in [0.4, 0.5) is 4.39 Å². The molecule has 2 aliphatic rings. The lowest BCUT2D eigenvalue weighted by Crippen LogP contribution is -2.40. The minimum absolute atomic E-state index is 0.124. The van der Waals surface area contributed by atoms with E-state index in [2.05, 4.69) is 5.32 Å². The summed E-state index contributed by atoms with van der Waals surface area (Å²) in [6.45, 7) is 0.688. The van der Waals surface area contributed by atoms with E-state index in [1.807, 2.05) is 30.3 Å². The molecular formula is C22H25FN2O3S. The van der Waals surface area contributed by atoms with Gasteiger partial charge in [0.05, 0.1) is 18.5 Å². The Labute approximate surface area is 171 Å². The molecule has 0 spiro atoms. The van der Waals surface area contributed by atoms with Gasteiger partial charge in [0.15, 0.2) is 0 Å². The molecule has 0 aromatic heterocycles. The van der Waals surface area contributed by atoms with Gasteiger partial charge in [0.1, 0.15) is 21.5 Å². The molecule has 0 bridgehead atoms. The van der Waals surface area contributed by atoms with E-state index in [-0.39, 0.29) is 23.5 Å². The molecule has 1 aliphatic carbocycles. The standard InChI is InChI=1S/C22H25FN2O3S/c23-19-8-6-17(7-9-19)21-14-18(15-25(21)29(27,28)20-10-11-20)22(26)24-13-12-16-4-2-1-3-5-16/h1-9,18,20-21H,10-15H2,(H-,24,26,27,28)/t18-,21-/m1/s1. The Morgan fingerprint density at radius 3 is 2.48 bits per heavy atom. The van der Waals surface area contributed by atoms with Crippen LogP contribution in [0.15, 0.2) is 54.6 Å². The van der Waals surface area contributed by atoms with Crippen molar-refractivity contribution in [2.75, 3.05) is 13.1 Å². The molecule has 1 amide bonds. The molecule has 1 unspecified atom stereocenters. The molecule has 1 heterocycles. The molecule has 1 saturated carbocycles. The highest BCUT2D eigenvalue weighted by molar-refractivity contribution is 7.96. The fourth-order valence-electron chi connectivity index (χ4n) is 3.94. The average molecular weight is 417 g/mol. The normalized spacial score (nSPS) is 24.2. The van der Waals surface area contributed by atoms with Crippen LogP contribution in [0.2, 0.25) is 0 Å². The number of benzene rings is 2. The number of hydrogen-bond donors (Lipinski definition) is 1. The van der Waals surface area contributed by atoms with E-state index in [0.29, 0.717) is 25.8 Å². The van der Waals surface area contributed by atoms with Crippen molar-refractivity contribution in [2.24, 2.45) is 5.92 Å². The van der Waals surface area contributed by atoms with Crippen molar-refractivity contribution in [1.82, 2.24) is 9.62 Å². The minimum Gasteiger partial charge on any atom is -0.597 e. The van der Waals surface area contributed by atoms with Crippen molar-refractivity contribution in [3.8, 4) is 0 Å². The molecule has 2 aromatic carbocycles. The summed E-state index contributed by atoms with van der Waals surface area (Å²) in [5, 5.41) is 2.61. The predicted molar refractivity (Wildman–Crippen MR) is 109 cm³/mol. The maximum atomic E-state index is 13.3. The van der Waals surface area contributed by atoms with Gasteiger partial charge in [-0.3, -0.25) is 4.79 Å². The quantitative estimate of drug-likeness (QED) is 0.704. The zero-order chi connectivity index (χ0) is 20.4. The molecule has 5 nitrogen and oxygen atoms in total. The molecule has 4 rings (SSSR count). The number of nitrogens with one attached hydrogen (secondary N) is 1. The SMILES string of the molecule is O=C(NCCc1ccccc1)[C@@H]1C[C@H](c2ccc(F)cc2)N([S+](=O)([O-])C2CC2)C1. The van der Waals surface area contributed by atoms with E-state index >= 15 is 0 Å². The topological polar surface area (TPSA) is 72.5 Å². The number of sulfonamides is 1. The Balaban J connectivity index is 1.44. The number of carbonyl (C=O) groups excluding carboxylic acids is 1. The minimum atomic E-state index is -3.44. The van der Waals surface area contributed by atoms with Gasteiger partial charge < -0.3 is 9.87 Å². The predicted octanol–water partition coefficient (Wildman–Crippen LogP) is 3.25. The summed E-state index contributed by atoms with van der Waals surface area (Å²) < 4.78 is 40.7. The van der Waals surface area contributed by atoms with Crippen LogP contribution < -0.4 is 5.32 Å². The van der Waals surface area contributed by atoms with Gasteiger partial charge in [-0.15, -0.1) is 4.31 Å². The number of amides is 1. The molecular weight excluding hydrogens is 391 g/mol. The van der Waals surface area contributed by atoms with E-state index in [1.54, 1.807) is 12.1 Å². The van der Waals surface area contributed by atoms with Gasteiger partial charge in [0.2, 0.25) is 5.91 Å². The van der Waals surface area contributed by atoms with Gasteiger partial charge in [-0.25, -0.2) is 4.39 Å². The Morgan fingerprint density at radius 1 is 1.14 bits per heavy atom. The number of hydrogen-bond acceptors (Lipinski definition) is 3. The summed E-state index contributed by atoms with van der Waals surface area (Å²) in [4.78, 5) is 12.7. The van der Waals surface area contributed by atoms with E-state index < -0.39 is 22.4 Å². The maximum absolute atomic E-state index is 13.3. The molecule has 2 aromatic rings. The molecule has 1 N–H and O–H groups in total. The first kappa shape index (κ1) is 20.2. The van der Waals surface area contributed by atoms with Crippen LogP contribution in [0.3, 0.4) is 0 Å². The smallest absolute Gasteiger partial charge is 0.224 e. The average Bonchev–Trinajstić information content (AvgIpc) is 3.49. The first-order valence-electron chi connectivity index (χ1n) is 10.0. The summed E-state index contributed by atoms with van der Waals surface area (Å²) >= 11 is 0. The number of halogens is 1. The van der Waals surface area contributed by atoms with Crippen molar-refractivity contribution < 1.29 is 17.9 Å². The third-order valence-corrected chi connectivity index (χ3v) is 8.08. The van der Waals surface area contributed by atoms with Crippen LogP contribution in [0.25, 0.3) is 0 Å². The van der Waals surface area contributed by atoms with E-state index in [0.717, 1.165) is 17.5 Å². The second-order valence-electron chi connectivity index (χ2n) is 7.84. The summed E-state index contributed by atoms with van der Waals surface area (Å²) in [5.41, 5.74) is 1.87. The Hall–Kier alpha value is -2.09. The maximum Gasteiger partial charge on any atom is 0.224 e. The second-order valence-corrected chi connectivity index (χ2v) is 10.0. The fraction of sp³-hybridized carbons (Fsp3) is 0.409. The third-order valence-electron chi connectivity index (χ3n) is 5.71. The monoisotopic (exact) mass is 416 g/mol. The van der Waals surface area contributed by atoms with Crippen molar-refractivity contribution in [3.63, 3.8) is 0 Å². The molecule has 1 saturated heterocycles. The highest BCUT2D eigenvalue weighted by Crippen LogP contribution is 2.45. The molecule has 0 radical (unpaired) electrons. The van der Waals surface area contributed by atoms with Gasteiger partial charge in [-0.05, 0) is 36.1 Å². The Kier molecular flexibility index (Phi) is 5.81. The van der Waals surface area contributed by atoms with Gasteiger partial charge in [-0.1, -0.05) is 46.7 Å².